The number of aliphatic carboxylic acids is 1. The zero-order valence-corrected chi connectivity index (χ0v) is 13.1. The smallest absolute Gasteiger partial charge is 0.224 e. The Bertz CT molecular complexity index is 733. The fraction of sp³-hybridized carbons (Fsp3) is 0.211. The maximum atomic E-state index is 12.2. The van der Waals surface area contributed by atoms with E-state index in [0.717, 1.165) is 11.1 Å². The predicted molar refractivity (Wildman–Crippen MR) is 87.8 cm³/mol. The van der Waals surface area contributed by atoms with Crippen LogP contribution in [0.1, 0.15) is 29.9 Å². The van der Waals surface area contributed by atoms with E-state index in [-0.39, 0.29) is 18.7 Å². The minimum absolute atomic E-state index is 0.0535. The molecule has 24 heavy (non-hydrogen) atoms. The molecule has 5 heteroatoms. The Morgan fingerprint density at radius 3 is 2.29 bits per heavy atom. The van der Waals surface area contributed by atoms with Gasteiger partial charge in [-0.3, -0.25) is 4.79 Å². The molecule has 0 spiro atoms. The van der Waals surface area contributed by atoms with Gasteiger partial charge in [-0.25, -0.2) is 0 Å². The van der Waals surface area contributed by atoms with Crippen molar-refractivity contribution in [3.63, 3.8) is 0 Å². The molecule has 1 N–H and O–H groups in total. The molecular weight excluding hydrogens is 304 g/mol. The van der Waals surface area contributed by atoms with Crippen LogP contribution in [0.3, 0.4) is 0 Å². The number of rotatable bonds is 7. The van der Waals surface area contributed by atoms with E-state index < -0.39 is 11.9 Å². The second kappa shape index (κ2) is 8.49. The molecule has 0 heterocycles. The van der Waals surface area contributed by atoms with Crippen molar-refractivity contribution in [3.8, 4) is 6.07 Å². The molecule has 2 aromatic rings. The summed E-state index contributed by atoms with van der Waals surface area (Å²) in [7, 11) is 0. The van der Waals surface area contributed by atoms with Crippen molar-refractivity contribution in [2.75, 3.05) is 5.32 Å². The van der Waals surface area contributed by atoms with Crippen LogP contribution in [-0.2, 0) is 16.0 Å². The highest BCUT2D eigenvalue weighted by atomic mass is 16.4. The largest absolute Gasteiger partial charge is 0.550 e. The topological polar surface area (TPSA) is 93.0 Å². The van der Waals surface area contributed by atoms with Crippen LogP contribution in [0.25, 0.3) is 0 Å². The molecule has 0 saturated carbocycles. The van der Waals surface area contributed by atoms with Crippen molar-refractivity contribution in [1.29, 1.82) is 5.26 Å². The summed E-state index contributed by atoms with van der Waals surface area (Å²) in [5.74, 6) is -1.88. The summed E-state index contributed by atoms with van der Waals surface area (Å²) in [6.45, 7) is 0. The zero-order chi connectivity index (χ0) is 17.4. The van der Waals surface area contributed by atoms with Crippen molar-refractivity contribution in [2.24, 2.45) is 0 Å². The van der Waals surface area contributed by atoms with Crippen molar-refractivity contribution in [1.82, 2.24) is 0 Å². The normalized spacial score (nSPS) is 11.3. The molecule has 0 aliphatic heterocycles. The molecule has 0 aliphatic rings. The Balaban J connectivity index is 2.02. The van der Waals surface area contributed by atoms with E-state index >= 15 is 0 Å². The van der Waals surface area contributed by atoms with Crippen LogP contribution < -0.4 is 10.4 Å². The molecule has 5 nitrogen and oxygen atoms in total. The summed E-state index contributed by atoms with van der Waals surface area (Å²) in [4.78, 5) is 23.2. The van der Waals surface area contributed by atoms with Gasteiger partial charge in [-0.15, -0.1) is 0 Å². The second-order valence-corrected chi connectivity index (χ2v) is 5.47. The first-order chi connectivity index (χ1) is 11.6. The number of anilines is 1. The number of nitriles is 1. The summed E-state index contributed by atoms with van der Waals surface area (Å²) in [6, 6.07) is 18.1. The fourth-order valence-electron chi connectivity index (χ4n) is 2.47. The van der Waals surface area contributed by atoms with Crippen LogP contribution >= 0.6 is 0 Å². The van der Waals surface area contributed by atoms with Crippen LogP contribution in [0.4, 0.5) is 5.69 Å². The third-order valence-electron chi connectivity index (χ3n) is 3.64. The van der Waals surface area contributed by atoms with E-state index in [1.54, 1.807) is 36.4 Å². The maximum Gasteiger partial charge on any atom is 0.224 e. The van der Waals surface area contributed by atoms with E-state index in [1.165, 1.54) is 0 Å². The van der Waals surface area contributed by atoms with Gasteiger partial charge in [0.25, 0.3) is 0 Å². The SMILES string of the molecule is N#CCc1ccc(NC(=O)C[C@@H](CC(=O)[O-])c2ccccc2)cc1. The number of carboxylic acid groups (broad SMARTS) is 1. The van der Waals surface area contributed by atoms with Crippen molar-refractivity contribution < 1.29 is 14.7 Å². The Labute approximate surface area is 140 Å². The highest BCUT2D eigenvalue weighted by Gasteiger charge is 2.16. The number of nitrogens with one attached hydrogen (secondary N) is 1. The summed E-state index contributed by atoms with van der Waals surface area (Å²) in [5.41, 5.74) is 2.28. The molecule has 0 unspecified atom stereocenters. The summed E-state index contributed by atoms with van der Waals surface area (Å²) >= 11 is 0. The van der Waals surface area contributed by atoms with E-state index in [1.807, 2.05) is 18.2 Å². The molecule has 0 radical (unpaired) electrons. The molecule has 2 aromatic carbocycles. The number of hydrogen-bond acceptors (Lipinski definition) is 4. The molecule has 1 atom stereocenters. The number of carbonyl (C=O) groups is 2. The van der Waals surface area contributed by atoms with E-state index in [0.29, 0.717) is 12.1 Å². The van der Waals surface area contributed by atoms with Crippen LogP contribution in [0.15, 0.2) is 54.6 Å². The van der Waals surface area contributed by atoms with E-state index in [2.05, 4.69) is 11.4 Å². The van der Waals surface area contributed by atoms with Gasteiger partial charge in [-0.05, 0) is 35.6 Å². The van der Waals surface area contributed by atoms with E-state index in [4.69, 9.17) is 5.26 Å². The highest BCUT2D eigenvalue weighted by Crippen LogP contribution is 2.23. The zero-order valence-electron chi connectivity index (χ0n) is 13.1. The van der Waals surface area contributed by atoms with Gasteiger partial charge >= 0.3 is 0 Å². The molecule has 0 aromatic heterocycles. The lowest BCUT2D eigenvalue weighted by atomic mass is 9.92. The molecule has 0 aliphatic carbocycles. The first-order valence-corrected chi connectivity index (χ1v) is 7.59. The summed E-state index contributed by atoms with van der Waals surface area (Å²) in [5, 5.41) is 22.3. The molecular formula is C19H17N2O3-. The first-order valence-electron chi connectivity index (χ1n) is 7.59. The number of carbonyl (C=O) groups excluding carboxylic acids is 2. The number of carboxylic acids is 1. The highest BCUT2D eigenvalue weighted by molar-refractivity contribution is 5.91. The van der Waals surface area contributed by atoms with Crippen LogP contribution in [0, 0.1) is 11.3 Å². The van der Waals surface area contributed by atoms with Crippen LogP contribution in [-0.4, -0.2) is 11.9 Å². The average Bonchev–Trinajstić information content (AvgIpc) is 2.57. The van der Waals surface area contributed by atoms with Gasteiger partial charge in [-0.2, -0.15) is 5.26 Å². The number of amides is 1. The summed E-state index contributed by atoms with van der Waals surface area (Å²) < 4.78 is 0. The monoisotopic (exact) mass is 321 g/mol. The van der Waals surface area contributed by atoms with E-state index in [9.17, 15) is 14.7 Å². The van der Waals surface area contributed by atoms with Crippen LogP contribution in [0.2, 0.25) is 0 Å². The minimum Gasteiger partial charge on any atom is -0.550 e. The van der Waals surface area contributed by atoms with Gasteiger partial charge < -0.3 is 15.2 Å². The molecule has 0 fully saturated rings. The molecule has 1 amide bonds. The lowest BCUT2D eigenvalue weighted by Gasteiger charge is -2.17. The predicted octanol–water partition coefficient (Wildman–Crippen LogP) is 2.01. The third kappa shape index (κ3) is 5.25. The maximum absolute atomic E-state index is 12.2. The Kier molecular flexibility index (Phi) is 6.09. The number of hydrogen-bond donors (Lipinski definition) is 1. The Morgan fingerprint density at radius 2 is 1.71 bits per heavy atom. The lowest BCUT2D eigenvalue weighted by Crippen LogP contribution is -2.26. The first kappa shape index (κ1) is 17.2. The van der Waals surface area contributed by atoms with Gasteiger partial charge in [0.2, 0.25) is 5.91 Å². The van der Waals surface area contributed by atoms with Crippen molar-refractivity contribution >= 4 is 17.6 Å². The molecule has 2 rings (SSSR count). The van der Waals surface area contributed by atoms with Gasteiger partial charge in [0, 0.05) is 18.1 Å². The molecule has 122 valence electrons. The van der Waals surface area contributed by atoms with Gasteiger partial charge in [0.05, 0.1) is 12.5 Å². The minimum atomic E-state index is -1.18. The second-order valence-electron chi connectivity index (χ2n) is 5.47. The number of benzene rings is 2. The fourth-order valence-corrected chi connectivity index (χ4v) is 2.47. The summed E-state index contributed by atoms with van der Waals surface area (Å²) in [6.07, 6.45) is 0.159. The van der Waals surface area contributed by atoms with Crippen molar-refractivity contribution in [3.05, 3.63) is 65.7 Å². The average molecular weight is 321 g/mol. The van der Waals surface area contributed by atoms with Gasteiger partial charge in [-0.1, -0.05) is 42.5 Å². The quantitative estimate of drug-likeness (QED) is 0.844. The Morgan fingerprint density at radius 1 is 1.04 bits per heavy atom. The van der Waals surface area contributed by atoms with Gasteiger partial charge in [0.15, 0.2) is 0 Å². The third-order valence-corrected chi connectivity index (χ3v) is 3.64. The standard InChI is InChI=1S/C19H18N2O3/c20-11-10-14-6-8-17(9-7-14)21-18(22)12-16(13-19(23)24)15-4-2-1-3-5-15/h1-9,16H,10,12-13H2,(H,21,22)(H,23,24)/p-1/t16-/m0/s1. The number of nitrogens with zero attached hydrogens (tertiary/aromatic N) is 1. The molecule has 0 saturated heterocycles. The van der Waals surface area contributed by atoms with Crippen molar-refractivity contribution in [2.45, 2.75) is 25.2 Å². The Hall–Kier alpha value is -3.13. The lowest BCUT2D eigenvalue weighted by molar-refractivity contribution is -0.306. The van der Waals surface area contributed by atoms with Gasteiger partial charge in [0.1, 0.15) is 0 Å². The van der Waals surface area contributed by atoms with Crippen LogP contribution in [0.5, 0.6) is 0 Å². The molecule has 0 bridgehead atoms.